The Morgan fingerprint density at radius 2 is 1.68 bits per heavy atom. The molecule has 166 valence electrons. The van der Waals surface area contributed by atoms with Gasteiger partial charge in [0, 0.05) is 64.7 Å². The van der Waals surface area contributed by atoms with Gasteiger partial charge in [0.25, 0.3) is 5.91 Å². The average Bonchev–Trinajstić information content (AvgIpc) is 3.27. The Hall–Kier alpha value is -2.65. The van der Waals surface area contributed by atoms with Crippen molar-refractivity contribution in [3.8, 4) is 5.75 Å². The molecule has 0 bridgehead atoms. The highest BCUT2D eigenvalue weighted by atomic mass is 32.1. The zero-order valence-electron chi connectivity index (χ0n) is 18.1. The SMILES string of the molecule is COc1ccccc1N1CCN(Cc2nc(C(=O)N3CCN(C(C)=O)CC3)cs2)CC1. The van der Waals surface area contributed by atoms with Gasteiger partial charge < -0.3 is 19.4 Å². The standard InChI is InChI=1S/C22H29N5O3S/c1-17(28)25-11-13-27(14-12-25)22(29)18-16-31-21(23-18)15-24-7-9-26(10-8-24)19-5-3-4-6-20(19)30-2/h3-6,16H,7-15H2,1-2H3. The molecule has 0 unspecified atom stereocenters. The van der Waals surface area contributed by atoms with E-state index in [1.165, 1.54) is 0 Å². The maximum atomic E-state index is 12.8. The number of amides is 2. The Kier molecular flexibility index (Phi) is 6.72. The van der Waals surface area contributed by atoms with Crippen LogP contribution in [0, 0.1) is 0 Å². The van der Waals surface area contributed by atoms with Crippen molar-refractivity contribution in [1.29, 1.82) is 0 Å². The maximum absolute atomic E-state index is 12.8. The first-order valence-corrected chi connectivity index (χ1v) is 11.5. The van der Waals surface area contributed by atoms with Gasteiger partial charge in [0.15, 0.2) is 0 Å². The summed E-state index contributed by atoms with van der Waals surface area (Å²) in [7, 11) is 1.71. The first-order valence-electron chi connectivity index (χ1n) is 10.6. The van der Waals surface area contributed by atoms with E-state index in [0.717, 1.165) is 49.2 Å². The summed E-state index contributed by atoms with van der Waals surface area (Å²) in [6, 6.07) is 8.13. The quantitative estimate of drug-likeness (QED) is 0.702. The zero-order valence-corrected chi connectivity index (χ0v) is 18.9. The molecule has 8 nitrogen and oxygen atoms in total. The van der Waals surface area contributed by atoms with E-state index in [0.29, 0.717) is 31.9 Å². The summed E-state index contributed by atoms with van der Waals surface area (Å²) in [5.41, 5.74) is 1.65. The van der Waals surface area contributed by atoms with Crippen LogP contribution in [-0.2, 0) is 11.3 Å². The van der Waals surface area contributed by atoms with Gasteiger partial charge >= 0.3 is 0 Å². The lowest BCUT2D eigenvalue weighted by Crippen LogP contribution is -2.50. The predicted molar refractivity (Wildman–Crippen MR) is 121 cm³/mol. The number of benzene rings is 1. The second-order valence-electron chi connectivity index (χ2n) is 7.86. The van der Waals surface area contributed by atoms with E-state index in [-0.39, 0.29) is 11.8 Å². The van der Waals surface area contributed by atoms with Gasteiger partial charge in [-0.1, -0.05) is 12.1 Å². The molecule has 0 saturated carbocycles. The van der Waals surface area contributed by atoms with Gasteiger partial charge in [0.1, 0.15) is 16.5 Å². The van der Waals surface area contributed by atoms with Crippen molar-refractivity contribution in [2.75, 3.05) is 64.4 Å². The number of para-hydroxylation sites is 2. The molecule has 0 N–H and O–H groups in total. The van der Waals surface area contributed by atoms with E-state index in [1.54, 1.807) is 35.2 Å². The fraction of sp³-hybridized carbons (Fsp3) is 0.500. The number of rotatable bonds is 5. The highest BCUT2D eigenvalue weighted by Gasteiger charge is 2.25. The Morgan fingerprint density at radius 1 is 1.00 bits per heavy atom. The van der Waals surface area contributed by atoms with Crippen LogP contribution in [0.1, 0.15) is 22.4 Å². The molecule has 1 aromatic carbocycles. The molecule has 31 heavy (non-hydrogen) atoms. The fourth-order valence-electron chi connectivity index (χ4n) is 4.10. The maximum Gasteiger partial charge on any atom is 0.273 e. The number of ether oxygens (including phenoxy) is 1. The minimum Gasteiger partial charge on any atom is -0.495 e. The molecular formula is C22H29N5O3S. The van der Waals surface area contributed by atoms with Gasteiger partial charge in [-0.3, -0.25) is 14.5 Å². The summed E-state index contributed by atoms with van der Waals surface area (Å²) < 4.78 is 5.49. The molecule has 4 rings (SSSR count). The van der Waals surface area contributed by atoms with Crippen LogP contribution >= 0.6 is 11.3 Å². The van der Waals surface area contributed by atoms with E-state index in [4.69, 9.17) is 4.74 Å². The number of hydrogen-bond donors (Lipinski definition) is 0. The Labute approximate surface area is 187 Å². The summed E-state index contributed by atoms with van der Waals surface area (Å²) >= 11 is 1.55. The average molecular weight is 444 g/mol. The molecule has 2 aromatic rings. The van der Waals surface area contributed by atoms with Crippen LogP contribution in [0.15, 0.2) is 29.6 Å². The molecule has 2 amide bonds. The number of anilines is 1. The lowest BCUT2D eigenvalue weighted by atomic mass is 10.2. The summed E-state index contributed by atoms with van der Waals surface area (Å²) in [6.07, 6.45) is 0. The van der Waals surface area contributed by atoms with Crippen LogP contribution in [0.2, 0.25) is 0 Å². The largest absolute Gasteiger partial charge is 0.495 e. The van der Waals surface area contributed by atoms with E-state index >= 15 is 0 Å². The zero-order chi connectivity index (χ0) is 21.8. The summed E-state index contributed by atoms with van der Waals surface area (Å²) in [5.74, 6) is 0.934. The second kappa shape index (κ2) is 9.65. The van der Waals surface area contributed by atoms with Crippen molar-refractivity contribution >= 4 is 28.8 Å². The van der Waals surface area contributed by atoms with Crippen molar-refractivity contribution in [3.05, 3.63) is 40.3 Å². The Morgan fingerprint density at radius 3 is 2.35 bits per heavy atom. The molecule has 2 saturated heterocycles. The number of carbonyl (C=O) groups excluding carboxylic acids is 2. The molecule has 1 aromatic heterocycles. The number of piperazine rings is 2. The Bertz CT molecular complexity index is 917. The van der Waals surface area contributed by atoms with Gasteiger partial charge in [-0.15, -0.1) is 11.3 Å². The molecule has 0 spiro atoms. The highest BCUT2D eigenvalue weighted by Crippen LogP contribution is 2.28. The molecule has 0 atom stereocenters. The third-order valence-electron chi connectivity index (χ3n) is 5.94. The summed E-state index contributed by atoms with van der Waals surface area (Å²) in [5, 5.41) is 2.83. The number of carbonyl (C=O) groups is 2. The van der Waals surface area contributed by atoms with Gasteiger partial charge in [0.2, 0.25) is 5.91 Å². The predicted octanol–water partition coefficient (Wildman–Crippen LogP) is 1.78. The van der Waals surface area contributed by atoms with E-state index in [1.807, 2.05) is 23.6 Å². The summed E-state index contributed by atoms with van der Waals surface area (Å²) in [6.45, 7) is 8.38. The third kappa shape index (κ3) is 4.99. The van der Waals surface area contributed by atoms with Gasteiger partial charge in [0.05, 0.1) is 19.3 Å². The molecule has 0 radical (unpaired) electrons. The first-order chi connectivity index (χ1) is 15.0. The minimum atomic E-state index is -0.0355. The number of aromatic nitrogens is 1. The molecule has 0 aliphatic carbocycles. The lowest BCUT2D eigenvalue weighted by molar-refractivity contribution is -0.130. The Balaban J connectivity index is 1.29. The highest BCUT2D eigenvalue weighted by molar-refractivity contribution is 7.09. The first kappa shape index (κ1) is 21.6. The van der Waals surface area contributed by atoms with E-state index < -0.39 is 0 Å². The molecule has 2 aliphatic heterocycles. The third-order valence-corrected chi connectivity index (χ3v) is 6.77. The van der Waals surface area contributed by atoms with Crippen LogP contribution in [0.3, 0.4) is 0 Å². The van der Waals surface area contributed by atoms with Crippen LogP contribution < -0.4 is 9.64 Å². The van der Waals surface area contributed by atoms with Crippen LogP contribution in [-0.4, -0.2) is 91.0 Å². The second-order valence-corrected chi connectivity index (χ2v) is 8.80. The number of nitrogens with zero attached hydrogens (tertiary/aromatic N) is 5. The van der Waals surface area contributed by atoms with Crippen molar-refractivity contribution < 1.29 is 14.3 Å². The summed E-state index contributed by atoms with van der Waals surface area (Å²) in [4.78, 5) is 37.2. The number of methoxy groups -OCH3 is 1. The molecular weight excluding hydrogens is 414 g/mol. The van der Waals surface area contributed by atoms with Crippen molar-refractivity contribution in [3.63, 3.8) is 0 Å². The monoisotopic (exact) mass is 443 g/mol. The molecule has 2 aliphatic rings. The molecule has 9 heteroatoms. The number of hydrogen-bond acceptors (Lipinski definition) is 7. The van der Waals surface area contributed by atoms with Crippen molar-refractivity contribution in [2.24, 2.45) is 0 Å². The van der Waals surface area contributed by atoms with E-state index in [2.05, 4.69) is 20.9 Å². The van der Waals surface area contributed by atoms with Crippen LogP contribution in [0.5, 0.6) is 5.75 Å². The van der Waals surface area contributed by atoms with Crippen molar-refractivity contribution in [2.45, 2.75) is 13.5 Å². The fourth-order valence-corrected chi connectivity index (χ4v) is 4.91. The van der Waals surface area contributed by atoms with Gasteiger partial charge in [-0.05, 0) is 12.1 Å². The van der Waals surface area contributed by atoms with Gasteiger partial charge in [-0.2, -0.15) is 0 Å². The molecule has 2 fully saturated rings. The van der Waals surface area contributed by atoms with E-state index in [9.17, 15) is 9.59 Å². The van der Waals surface area contributed by atoms with Crippen molar-refractivity contribution in [1.82, 2.24) is 19.7 Å². The van der Waals surface area contributed by atoms with Gasteiger partial charge in [-0.25, -0.2) is 4.98 Å². The smallest absolute Gasteiger partial charge is 0.273 e. The lowest BCUT2D eigenvalue weighted by Gasteiger charge is -2.36. The van der Waals surface area contributed by atoms with Crippen LogP contribution in [0.25, 0.3) is 0 Å². The topological polar surface area (TPSA) is 69.2 Å². The van der Waals surface area contributed by atoms with Crippen LogP contribution in [0.4, 0.5) is 5.69 Å². The number of thiazole rings is 1. The minimum absolute atomic E-state index is 0.0355. The normalized spacial score (nSPS) is 17.7. The molecule has 3 heterocycles.